The number of aryl methyl sites for hydroxylation is 1. The van der Waals surface area contributed by atoms with Crippen LogP contribution in [0.2, 0.25) is 0 Å². The van der Waals surface area contributed by atoms with Gasteiger partial charge in [0.05, 0.1) is 0 Å². The molecule has 0 unspecified atom stereocenters. The van der Waals surface area contributed by atoms with Crippen molar-refractivity contribution in [3.05, 3.63) is 58.7 Å². The molecule has 1 N–H and O–H groups in total. The topological polar surface area (TPSA) is 20.2 Å². The summed E-state index contributed by atoms with van der Waals surface area (Å²) in [5.41, 5.74) is 6.60. The van der Waals surface area contributed by atoms with Crippen LogP contribution in [0.3, 0.4) is 0 Å². The summed E-state index contributed by atoms with van der Waals surface area (Å²) >= 11 is 0. The SMILES string of the molecule is C/C=C/c1ccc(C)cc1-c1cc(C(C)(C)C)c(O)c(C(C)(C)C)c1. The van der Waals surface area contributed by atoms with Gasteiger partial charge in [0.25, 0.3) is 0 Å². The highest BCUT2D eigenvalue weighted by Crippen LogP contribution is 2.42. The van der Waals surface area contributed by atoms with Crippen molar-refractivity contribution in [2.24, 2.45) is 0 Å². The van der Waals surface area contributed by atoms with Gasteiger partial charge in [0.1, 0.15) is 5.75 Å². The summed E-state index contributed by atoms with van der Waals surface area (Å²) in [6, 6.07) is 10.9. The maximum atomic E-state index is 10.9. The van der Waals surface area contributed by atoms with Crippen molar-refractivity contribution < 1.29 is 5.11 Å². The molecule has 2 aromatic rings. The fourth-order valence-electron chi connectivity index (χ4n) is 3.18. The third kappa shape index (κ3) is 4.15. The van der Waals surface area contributed by atoms with Crippen LogP contribution in [-0.2, 0) is 10.8 Å². The van der Waals surface area contributed by atoms with Crippen LogP contribution >= 0.6 is 0 Å². The zero-order valence-corrected chi connectivity index (χ0v) is 17.0. The molecule has 0 atom stereocenters. The van der Waals surface area contributed by atoms with E-state index in [1.54, 1.807) is 0 Å². The van der Waals surface area contributed by atoms with E-state index in [1.165, 1.54) is 22.3 Å². The van der Waals surface area contributed by atoms with Crippen molar-refractivity contribution >= 4 is 6.08 Å². The maximum absolute atomic E-state index is 10.9. The molecule has 2 aromatic carbocycles. The second-order valence-electron chi connectivity index (χ2n) is 9.01. The third-order valence-electron chi connectivity index (χ3n) is 4.59. The molecule has 2 rings (SSSR count). The quantitative estimate of drug-likeness (QED) is 0.626. The van der Waals surface area contributed by atoms with Crippen LogP contribution < -0.4 is 0 Å². The number of allylic oxidation sites excluding steroid dienone is 1. The summed E-state index contributed by atoms with van der Waals surface area (Å²) in [7, 11) is 0. The van der Waals surface area contributed by atoms with Gasteiger partial charge < -0.3 is 5.11 Å². The molecule has 0 radical (unpaired) electrons. The van der Waals surface area contributed by atoms with E-state index in [0.29, 0.717) is 5.75 Å². The number of rotatable bonds is 2. The van der Waals surface area contributed by atoms with Gasteiger partial charge in [0.2, 0.25) is 0 Å². The fourth-order valence-corrected chi connectivity index (χ4v) is 3.18. The second-order valence-corrected chi connectivity index (χ2v) is 9.01. The molecule has 0 saturated carbocycles. The van der Waals surface area contributed by atoms with Gasteiger partial charge >= 0.3 is 0 Å². The number of aromatic hydroxyl groups is 1. The Kier molecular flexibility index (Phi) is 5.18. The van der Waals surface area contributed by atoms with Crippen LogP contribution in [0, 0.1) is 6.92 Å². The van der Waals surface area contributed by atoms with E-state index in [-0.39, 0.29) is 10.8 Å². The highest BCUT2D eigenvalue weighted by molar-refractivity contribution is 5.78. The van der Waals surface area contributed by atoms with Crippen LogP contribution in [-0.4, -0.2) is 5.11 Å². The first kappa shape index (κ1) is 19.3. The van der Waals surface area contributed by atoms with E-state index in [1.807, 2.05) is 6.92 Å². The lowest BCUT2D eigenvalue weighted by molar-refractivity contribution is 0.423. The minimum atomic E-state index is -0.120. The zero-order chi connectivity index (χ0) is 19.0. The summed E-state index contributed by atoms with van der Waals surface area (Å²) < 4.78 is 0. The first-order valence-corrected chi connectivity index (χ1v) is 9.07. The maximum Gasteiger partial charge on any atom is 0.123 e. The summed E-state index contributed by atoms with van der Waals surface area (Å²) in [5, 5.41) is 10.9. The van der Waals surface area contributed by atoms with Crippen LogP contribution in [0.15, 0.2) is 36.4 Å². The van der Waals surface area contributed by atoms with E-state index in [9.17, 15) is 5.11 Å². The molecule has 1 nitrogen and oxygen atoms in total. The summed E-state index contributed by atoms with van der Waals surface area (Å²) in [4.78, 5) is 0. The molecular formula is C24H32O. The normalized spacial score (nSPS) is 12.8. The average molecular weight is 337 g/mol. The van der Waals surface area contributed by atoms with E-state index in [4.69, 9.17) is 0 Å². The first-order chi connectivity index (χ1) is 11.4. The summed E-state index contributed by atoms with van der Waals surface area (Å²) in [6.45, 7) is 17.1. The predicted octanol–water partition coefficient (Wildman–Crippen LogP) is 7.00. The molecule has 0 aromatic heterocycles. The Bertz CT molecular complexity index is 761. The smallest absolute Gasteiger partial charge is 0.123 e. The Morgan fingerprint density at radius 2 is 1.36 bits per heavy atom. The Labute approximate surface area is 153 Å². The van der Waals surface area contributed by atoms with Crippen molar-refractivity contribution in [3.63, 3.8) is 0 Å². The largest absolute Gasteiger partial charge is 0.507 e. The molecule has 0 fully saturated rings. The molecule has 0 saturated heterocycles. The van der Waals surface area contributed by atoms with Gasteiger partial charge in [-0.1, -0.05) is 77.5 Å². The number of benzene rings is 2. The van der Waals surface area contributed by atoms with Gasteiger partial charge in [-0.15, -0.1) is 0 Å². The predicted molar refractivity (Wildman–Crippen MR) is 110 cm³/mol. The molecule has 1 heteroatoms. The Morgan fingerprint density at radius 1 is 0.840 bits per heavy atom. The molecule has 134 valence electrons. The standard InChI is InChI=1S/C24H32O/c1-9-10-17-12-11-16(2)13-19(17)18-14-20(23(3,4)5)22(25)21(15-18)24(6,7)8/h9-15,25H,1-8H3/b10-9+. The Hall–Kier alpha value is -2.02. The summed E-state index contributed by atoms with van der Waals surface area (Å²) in [6.07, 6.45) is 4.22. The van der Waals surface area contributed by atoms with Crippen molar-refractivity contribution in [3.8, 4) is 16.9 Å². The lowest BCUT2D eigenvalue weighted by Gasteiger charge is -2.28. The molecule has 0 aliphatic rings. The van der Waals surface area contributed by atoms with Crippen LogP contribution in [0.25, 0.3) is 17.2 Å². The van der Waals surface area contributed by atoms with Crippen molar-refractivity contribution in [2.75, 3.05) is 0 Å². The monoisotopic (exact) mass is 336 g/mol. The van der Waals surface area contributed by atoms with E-state index < -0.39 is 0 Å². The van der Waals surface area contributed by atoms with Crippen molar-refractivity contribution in [1.29, 1.82) is 0 Å². The van der Waals surface area contributed by atoms with Crippen molar-refractivity contribution in [1.82, 2.24) is 0 Å². The highest BCUT2D eigenvalue weighted by Gasteiger charge is 2.27. The van der Waals surface area contributed by atoms with Gasteiger partial charge in [-0.25, -0.2) is 0 Å². The number of phenolic OH excluding ortho intramolecular Hbond substituents is 1. The minimum Gasteiger partial charge on any atom is -0.507 e. The summed E-state index contributed by atoms with van der Waals surface area (Å²) in [5.74, 6) is 0.434. The average Bonchev–Trinajstić information content (AvgIpc) is 2.47. The number of hydrogen-bond donors (Lipinski definition) is 1. The third-order valence-corrected chi connectivity index (χ3v) is 4.59. The van der Waals surface area contributed by atoms with Gasteiger partial charge in [-0.05, 0) is 53.5 Å². The fraction of sp³-hybridized carbons (Fsp3) is 0.417. The second kappa shape index (κ2) is 6.71. The van der Waals surface area contributed by atoms with Crippen LogP contribution in [0.5, 0.6) is 5.75 Å². The zero-order valence-electron chi connectivity index (χ0n) is 17.0. The molecule has 0 heterocycles. The van der Waals surface area contributed by atoms with E-state index in [0.717, 1.165) is 11.1 Å². The van der Waals surface area contributed by atoms with Crippen molar-refractivity contribution in [2.45, 2.75) is 66.2 Å². The lowest BCUT2D eigenvalue weighted by atomic mass is 9.77. The van der Waals surface area contributed by atoms with Gasteiger partial charge in [0.15, 0.2) is 0 Å². The highest BCUT2D eigenvalue weighted by atomic mass is 16.3. The molecular weight excluding hydrogens is 304 g/mol. The molecule has 0 aliphatic heterocycles. The van der Waals surface area contributed by atoms with Gasteiger partial charge in [-0.3, -0.25) is 0 Å². The lowest BCUT2D eigenvalue weighted by Crippen LogP contribution is -2.17. The molecule has 25 heavy (non-hydrogen) atoms. The van der Waals surface area contributed by atoms with Crippen LogP contribution in [0.4, 0.5) is 0 Å². The number of hydrogen-bond acceptors (Lipinski definition) is 1. The molecule has 0 amide bonds. The molecule has 0 spiro atoms. The Balaban J connectivity index is 2.86. The van der Waals surface area contributed by atoms with Gasteiger partial charge in [0, 0.05) is 11.1 Å². The van der Waals surface area contributed by atoms with E-state index >= 15 is 0 Å². The Morgan fingerprint density at radius 3 is 1.80 bits per heavy atom. The first-order valence-electron chi connectivity index (χ1n) is 9.07. The molecule has 0 aliphatic carbocycles. The molecule has 0 bridgehead atoms. The minimum absolute atomic E-state index is 0.120. The number of phenols is 1. The van der Waals surface area contributed by atoms with E-state index in [2.05, 4.69) is 91.0 Å². The van der Waals surface area contributed by atoms with Crippen LogP contribution in [0.1, 0.15) is 70.7 Å². The van der Waals surface area contributed by atoms with Gasteiger partial charge in [-0.2, -0.15) is 0 Å².